The first-order valence-electron chi connectivity index (χ1n) is 11.8. The molecule has 2 N–H and O–H groups in total. The molecule has 1 saturated heterocycles. The molecule has 0 bridgehead atoms. The Morgan fingerprint density at radius 1 is 1.19 bits per heavy atom. The van der Waals surface area contributed by atoms with Crippen LogP contribution in [0.1, 0.15) is 13.3 Å². The van der Waals surface area contributed by atoms with E-state index in [0.29, 0.717) is 23.1 Å². The van der Waals surface area contributed by atoms with Crippen molar-refractivity contribution in [2.75, 3.05) is 42.8 Å². The molecular weight excluding hydrogens is 472 g/mol. The number of nitrogens with one attached hydrogen (secondary N) is 2. The minimum absolute atomic E-state index is 0.116. The molecule has 0 spiro atoms. The lowest BCUT2D eigenvalue weighted by molar-refractivity contribution is -0.127. The van der Waals surface area contributed by atoms with Crippen LogP contribution in [0.5, 0.6) is 17.4 Å². The minimum atomic E-state index is -0.318. The number of ether oxygens (including phenoxy) is 2. The van der Waals surface area contributed by atoms with Crippen LogP contribution >= 0.6 is 0 Å². The molecule has 10 nitrogen and oxygen atoms in total. The van der Waals surface area contributed by atoms with Crippen molar-refractivity contribution in [1.29, 1.82) is 0 Å². The maximum atomic E-state index is 11.7. The Hall–Kier alpha value is -4.60. The summed E-state index contributed by atoms with van der Waals surface area (Å²) >= 11 is 0. The lowest BCUT2D eigenvalue weighted by Gasteiger charge is -2.27. The molecule has 37 heavy (non-hydrogen) atoms. The lowest BCUT2D eigenvalue weighted by atomic mass is 10.2. The van der Waals surface area contributed by atoms with Crippen LogP contribution in [-0.2, 0) is 9.59 Å². The zero-order valence-electron chi connectivity index (χ0n) is 21.1. The molecule has 2 amide bonds. The highest BCUT2D eigenvalue weighted by molar-refractivity contribution is 5.98. The van der Waals surface area contributed by atoms with Gasteiger partial charge in [-0.1, -0.05) is 12.6 Å². The third kappa shape index (κ3) is 6.35. The van der Waals surface area contributed by atoms with Crippen LogP contribution in [0.3, 0.4) is 0 Å². The summed E-state index contributed by atoms with van der Waals surface area (Å²) in [5, 5.41) is 5.88. The second-order valence-corrected chi connectivity index (χ2v) is 8.58. The van der Waals surface area contributed by atoms with E-state index >= 15 is 0 Å². The molecule has 192 valence electrons. The topological polar surface area (TPSA) is 109 Å². The summed E-state index contributed by atoms with van der Waals surface area (Å²) in [6.45, 7) is 6.59. The molecule has 0 saturated carbocycles. The van der Waals surface area contributed by atoms with Crippen LogP contribution < -0.4 is 25.0 Å². The van der Waals surface area contributed by atoms with E-state index in [1.54, 1.807) is 31.2 Å². The maximum Gasteiger partial charge on any atom is 0.267 e. The number of carbonyl (C=O) groups is 2. The Morgan fingerprint density at radius 2 is 1.97 bits per heavy atom. The predicted octanol–water partition coefficient (Wildman–Crippen LogP) is 4.20. The molecule has 1 atom stereocenters. The summed E-state index contributed by atoms with van der Waals surface area (Å²) in [5.41, 5.74) is 2.42. The first-order valence-corrected chi connectivity index (χ1v) is 11.8. The number of hydrogen-bond donors (Lipinski definition) is 2. The van der Waals surface area contributed by atoms with Gasteiger partial charge in [0.15, 0.2) is 5.75 Å². The first-order chi connectivity index (χ1) is 17.9. The molecule has 0 aliphatic carbocycles. The molecule has 1 aromatic heterocycles. The van der Waals surface area contributed by atoms with Crippen LogP contribution in [-0.4, -0.2) is 60.0 Å². The molecular formula is C27H30N6O4. The maximum absolute atomic E-state index is 11.7. The zero-order valence-corrected chi connectivity index (χ0v) is 21.1. The monoisotopic (exact) mass is 502 g/mol. The first kappa shape index (κ1) is 25.5. The Morgan fingerprint density at radius 3 is 2.65 bits per heavy atom. The van der Waals surface area contributed by atoms with E-state index in [1.807, 2.05) is 36.2 Å². The Balaban J connectivity index is 1.45. The largest absolute Gasteiger partial charge is 0.490 e. The molecule has 1 fully saturated rings. The molecule has 2 heterocycles. The number of rotatable bonds is 9. The van der Waals surface area contributed by atoms with Crippen LogP contribution in [0.2, 0.25) is 0 Å². The van der Waals surface area contributed by atoms with Gasteiger partial charge < -0.3 is 29.9 Å². The van der Waals surface area contributed by atoms with Crippen LogP contribution in [0.25, 0.3) is 0 Å². The number of anilines is 4. The summed E-state index contributed by atoms with van der Waals surface area (Å²) < 4.78 is 11.3. The van der Waals surface area contributed by atoms with Gasteiger partial charge in [0.25, 0.3) is 5.88 Å². The summed E-state index contributed by atoms with van der Waals surface area (Å²) in [7, 11) is 3.55. The summed E-state index contributed by atoms with van der Waals surface area (Å²) in [6, 6.07) is 15.1. The zero-order chi connectivity index (χ0) is 26.4. The second kappa shape index (κ2) is 11.4. The number of amides is 2. The number of likely N-dealkylation sites (tertiary alicyclic amines) is 1. The van der Waals surface area contributed by atoms with E-state index in [9.17, 15) is 9.59 Å². The van der Waals surface area contributed by atoms with Gasteiger partial charge in [0.2, 0.25) is 17.8 Å². The molecule has 1 aliphatic rings. The normalized spacial score (nSPS) is 14.6. The van der Waals surface area contributed by atoms with Crippen molar-refractivity contribution in [3.05, 3.63) is 67.4 Å². The highest BCUT2D eigenvalue weighted by Gasteiger charge is 2.27. The summed E-state index contributed by atoms with van der Waals surface area (Å²) in [5.74, 6) is 1.18. The number of likely N-dealkylation sites (N-methyl/N-ethyl adjacent to an activating group) is 1. The molecule has 0 radical (unpaired) electrons. The van der Waals surface area contributed by atoms with Crippen molar-refractivity contribution in [2.24, 2.45) is 0 Å². The number of hydrogen-bond acceptors (Lipinski definition) is 8. The summed E-state index contributed by atoms with van der Waals surface area (Å²) in [6.07, 6.45) is 3.67. The van der Waals surface area contributed by atoms with Crippen LogP contribution in [0.15, 0.2) is 67.4 Å². The van der Waals surface area contributed by atoms with Crippen molar-refractivity contribution in [3.8, 4) is 17.4 Å². The van der Waals surface area contributed by atoms with Gasteiger partial charge in [0, 0.05) is 56.2 Å². The highest BCUT2D eigenvalue weighted by atomic mass is 16.5. The number of benzene rings is 2. The molecule has 3 aromatic rings. The fourth-order valence-corrected chi connectivity index (χ4v) is 4.03. The van der Waals surface area contributed by atoms with Crippen molar-refractivity contribution < 1.29 is 19.1 Å². The van der Waals surface area contributed by atoms with Gasteiger partial charge in [-0.15, -0.1) is 0 Å². The van der Waals surface area contributed by atoms with Gasteiger partial charge in [0.05, 0.1) is 13.3 Å². The number of carbonyl (C=O) groups excluding carboxylic acids is 2. The SMILES string of the molecule is C=CC(=O)Nc1cccc(Oc2nc(Nc3ccc(N(C)[C@H]4CCN(C(C)=O)C4)cc3)ncc2OC)c1. The quantitative estimate of drug-likeness (QED) is 0.419. The van der Waals surface area contributed by atoms with E-state index in [4.69, 9.17) is 9.47 Å². The van der Waals surface area contributed by atoms with Gasteiger partial charge in [-0.25, -0.2) is 4.98 Å². The van der Waals surface area contributed by atoms with Gasteiger partial charge in [-0.3, -0.25) is 9.59 Å². The molecule has 2 aromatic carbocycles. The Bertz CT molecular complexity index is 1280. The van der Waals surface area contributed by atoms with Crippen LogP contribution in [0.4, 0.5) is 23.0 Å². The van der Waals surface area contributed by atoms with E-state index in [0.717, 1.165) is 30.9 Å². The van der Waals surface area contributed by atoms with Crippen molar-refractivity contribution in [2.45, 2.75) is 19.4 Å². The fraction of sp³-hybridized carbons (Fsp3) is 0.259. The Kier molecular flexibility index (Phi) is 7.87. The van der Waals surface area contributed by atoms with Gasteiger partial charge in [-0.05, 0) is 48.9 Å². The molecule has 1 aliphatic heterocycles. The smallest absolute Gasteiger partial charge is 0.267 e. The van der Waals surface area contributed by atoms with Crippen LogP contribution in [0, 0.1) is 0 Å². The van der Waals surface area contributed by atoms with Gasteiger partial charge in [-0.2, -0.15) is 4.98 Å². The predicted molar refractivity (Wildman–Crippen MR) is 143 cm³/mol. The van der Waals surface area contributed by atoms with Crippen molar-refractivity contribution in [3.63, 3.8) is 0 Å². The fourth-order valence-electron chi connectivity index (χ4n) is 4.03. The average molecular weight is 503 g/mol. The summed E-state index contributed by atoms with van der Waals surface area (Å²) in [4.78, 5) is 36.1. The second-order valence-electron chi connectivity index (χ2n) is 8.58. The molecule has 4 rings (SSSR count). The van der Waals surface area contributed by atoms with Crippen molar-refractivity contribution >= 4 is 34.8 Å². The van der Waals surface area contributed by atoms with E-state index in [1.165, 1.54) is 19.4 Å². The number of nitrogens with zero attached hydrogens (tertiary/aromatic N) is 4. The van der Waals surface area contributed by atoms with E-state index in [-0.39, 0.29) is 23.7 Å². The standard InChI is InChI=1S/C27H30N6O4/c1-5-25(35)29-20-7-6-8-23(15-20)37-26-24(36-4)16-28-27(31-26)30-19-9-11-21(12-10-19)32(3)22-13-14-33(17-22)18(2)34/h5-12,15-16,22H,1,13-14,17H2,2-4H3,(H,29,35)(H,28,30,31)/t22-/m0/s1. The third-order valence-electron chi connectivity index (χ3n) is 6.13. The third-order valence-corrected chi connectivity index (χ3v) is 6.13. The Labute approximate surface area is 215 Å². The van der Waals surface area contributed by atoms with E-state index < -0.39 is 0 Å². The average Bonchev–Trinajstić information content (AvgIpc) is 3.40. The van der Waals surface area contributed by atoms with Gasteiger partial charge >= 0.3 is 0 Å². The minimum Gasteiger partial charge on any atom is -0.490 e. The van der Waals surface area contributed by atoms with Crippen molar-refractivity contribution in [1.82, 2.24) is 14.9 Å². The molecule has 10 heteroatoms. The number of aromatic nitrogens is 2. The number of methoxy groups -OCH3 is 1. The van der Waals surface area contributed by atoms with Gasteiger partial charge in [0.1, 0.15) is 5.75 Å². The van der Waals surface area contributed by atoms with E-state index in [2.05, 4.69) is 32.1 Å². The highest BCUT2D eigenvalue weighted by Crippen LogP contribution is 2.32. The lowest BCUT2D eigenvalue weighted by Crippen LogP contribution is -2.35. The molecule has 0 unspecified atom stereocenters.